The van der Waals surface area contributed by atoms with Gasteiger partial charge >= 0.3 is 0 Å². The predicted octanol–water partition coefficient (Wildman–Crippen LogP) is 1.49. The van der Waals surface area contributed by atoms with Crippen molar-refractivity contribution in [3.63, 3.8) is 0 Å². The van der Waals surface area contributed by atoms with Crippen LogP contribution in [0.2, 0.25) is 0 Å². The van der Waals surface area contributed by atoms with Gasteiger partial charge in [0.15, 0.2) is 0 Å². The number of aromatic nitrogens is 1. The zero-order valence-corrected chi connectivity index (χ0v) is 7.63. The van der Waals surface area contributed by atoms with Gasteiger partial charge in [0.1, 0.15) is 5.82 Å². The monoisotopic (exact) mass is 166 g/mol. The number of hydrogen-bond donors (Lipinski definition) is 2. The van der Waals surface area contributed by atoms with Crippen LogP contribution in [-0.4, -0.2) is 17.1 Å². The van der Waals surface area contributed by atoms with Crippen LogP contribution in [0.4, 0.5) is 5.82 Å². The van der Waals surface area contributed by atoms with Crippen molar-refractivity contribution in [3.05, 3.63) is 23.4 Å². The first-order valence-corrected chi connectivity index (χ1v) is 3.98. The van der Waals surface area contributed by atoms with Crippen LogP contribution >= 0.6 is 0 Å². The smallest absolute Gasteiger partial charge is 0.125 e. The predicted molar refractivity (Wildman–Crippen MR) is 49.2 cm³/mol. The number of pyridine rings is 1. The summed E-state index contributed by atoms with van der Waals surface area (Å²) in [4.78, 5) is 4.24. The van der Waals surface area contributed by atoms with Gasteiger partial charge in [-0.05, 0) is 19.9 Å². The van der Waals surface area contributed by atoms with Gasteiger partial charge in [-0.25, -0.2) is 4.98 Å². The van der Waals surface area contributed by atoms with E-state index >= 15 is 0 Å². The minimum Gasteiger partial charge on any atom is -0.389 e. The van der Waals surface area contributed by atoms with Crippen molar-refractivity contribution in [2.24, 2.45) is 0 Å². The van der Waals surface area contributed by atoms with Crippen LogP contribution in [0.15, 0.2) is 12.1 Å². The lowest BCUT2D eigenvalue weighted by molar-refractivity contribution is 0.198. The molecular weight excluding hydrogens is 152 g/mol. The average molecular weight is 166 g/mol. The van der Waals surface area contributed by atoms with Crippen molar-refractivity contribution >= 4 is 5.82 Å². The fourth-order valence-electron chi connectivity index (χ4n) is 1.15. The summed E-state index contributed by atoms with van der Waals surface area (Å²) in [5, 5.41) is 12.2. The highest BCUT2D eigenvalue weighted by Crippen LogP contribution is 2.16. The Morgan fingerprint density at radius 3 is 2.58 bits per heavy atom. The molecule has 66 valence electrons. The summed E-state index contributed by atoms with van der Waals surface area (Å²) in [6.45, 7) is 3.63. The Hall–Kier alpha value is -1.09. The third-order valence-corrected chi connectivity index (χ3v) is 1.83. The second-order valence-corrected chi connectivity index (χ2v) is 2.80. The van der Waals surface area contributed by atoms with E-state index in [1.54, 1.807) is 6.92 Å². The minimum absolute atomic E-state index is 0.441. The van der Waals surface area contributed by atoms with Gasteiger partial charge < -0.3 is 10.4 Å². The first-order chi connectivity index (χ1) is 5.65. The SMILES string of the molecule is CNc1ccc([C@H](C)O)c(C)n1. The van der Waals surface area contributed by atoms with Crippen LogP contribution in [0.5, 0.6) is 0 Å². The molecule has 0 saturated carbocycles. The lowest BCUT2D eigenvalue weighted by Gasteiger charge is -2.09. The number of aliphatic hydroxyl groups excluding tert-OH is 1. The third-order valence-electron chi connectivity index (χ3n) is 1.83. The highest BCUT2D eigenvalue weighted by molar-refractivity contribution is 5.38. The van der Waals surface area contributed by atoms with Crippen LogP contribution in [0.1, 0.15) is 24.3 Å². The summed E-state index contributed by atoms with van der Waals surface area (Å²) in [7, 11) is 1.82. The van der Waals surface area contributed by atoms with Crippen molar-refractivity contribution in [2.45, 2.75) is 20.0 Å². The molecule has 0 aromatic carbocycles. The van der Waals surface area contributed by atoms with Gasteiger partial charge in [0, 0.05) is 18.3 Å². The van der Waals surface area contributed by atoms with Crippen LogP contribution in [0, 0.1) is 6.92 Å². The number of nitrogens with zero attached hydrogens (tertiary/aromatic N) is 1. The number of hydrogen-bond acceptors (Lipinski definition) is 3. The first-order valence-electron chi connectivity index (χ1n) is 3.98. The van der Waals surface area contributed by atoms with Gasteiger partial charge in [-0.3, -0.25) is 0 Å². The standard InChI is InChI=1S/C9H14N2O/c1-6-8(7(2)12)4-5-9(10-3)11-6/h4-5,7,12H,1-3H3,(H,10,11)/t7-/m0/s1. The molecule has 1 atom stereocenters. The summed E-state index contributed by atoms with van der Waals surface area (Å²) in [6.07, 6.45) is -0.441. The topological polar surface area (TPSA) is 45.1 Å². The van der Waals surface area contributed by atoms with E-state index < -0.39 is 6.10 Å². The van der Waals surface area contributed by atoms with Crippen LogP contribution in [-0.2, 0) is 0 Å². The molecule has 0 aliphatic heterocycles. The molecule has 0 unspecified atom stereocenters. The van der Waals surface area contributed by atoms with Gasteiger partial charge in [0.25, 0.3) is 0 Å². The zero-order valence-electron chi connectivity index (χ0n) is 7.63. The van der Waals surface area contributed by atoms with E-state index in [1.807, 2.05) is 26.1 Å². The van der Waals surface area contributed by atoms with Crippen molar-refractivity contribution in [2.75, 3.05) is 12.4 Å². The van der Waals surface area contributed by atoms with E-state index in [4.69, 9.17) is 0 Å². The Morgan fingerprint density at radius 2 is 2.17 bits per heavy atom. The summed E-state index contributed by atoms with van der Waals surface area (Å²) in [5.41, 5.74) is 1.76. The number of anilines is 1. The maximum absolute atomic E-state index is 9.31. The van der Waals surface area contributed by atoms with Crippen LogP contribution < -0.4 is 5.32 Å². The van der Waals surface area contributed by atoms with Crippen molar-refractivity contribution in [3.8, 4) is 0 Å². The van der Waals surface area contributed by atoms with Crippen LogP contribution in [0.3, 0.4) is 0 Å². The van der Waals surface area contributed by atoms with Gasteiger partial charge in [0.2, 0.25) is 0 Å². The maximum atomic E-state index is 9.31. The molecule has 0 amide bonds. The molecule has 0 saturated heterocycles. The Morgan fingerprint density at radius 1 is 1.50 bits per heavy atom. The Labute approximate surface area is 72.5 Å². The molecule has 3 heteroatoms. The molecule has 0 aliphatic rings. The summed E-state index contributed by atoms with van der Waals surface area (Å²) >= 11 is 0. The number of aryl methyl sites for hydroxylation is 1. The van der Waals surface area contributed by atoms with Gasteiger partial charge in [0.05, 0.1) is 6.10 Å². The molecule has 0 radical (unpaired) electrons. The van der Waals surface area contributed by atoms with Gasteiger partial charge in [-0.2, -0.15) is 0 Å². The van der Waals surface area contributed by atoms with E-state index in [2.05, 4.69) is 10.3 Å². The zero-order chi connectivity index (χ0) is 9.14. The molecule has 0 spiro atoms. The van der Waals surface area contributed by atoms with Gasteiger partial charge in [-0.1, -0.05) is 6.07 Å². The number of aliphatic hydroxyl groups is 1. The normalized spacial score (nSPS) is 12.7. The molecule has 2 N–H and O–H groups in total. The van der Waals surface area contributed by atoms with E-state index in [-0.39, 0.29) is 0 Å². The average Bonchev–Trinajstić information content (AvgIpc) is 2.03. The number of nitrogens with one attached hydrogen (secondary N) is 1. The number of rotatable bonds is 2. The molecular formula is C9H14N2O. The lowest BCUT2D eigenvalue weighted by atomic mass is 10.1. The minimum atomic E-state index is -0.441. The van der Waals surface area contributed by atoms with E-state index in [9.17, 15) is 5.11 Å². The highest BCUT2D eigenvalue weighted by atomic mass is 16.3. The van der Waals surface area contributed by atoms with Gasteiger partial charge in [-0.15, -0.1) is 0 Å². The fourth-order valence-corrected chi connectivity index (χ4v) is 1.15. The lowest BCUT2D eigenvalue weighted by Crippen LogP contribution is -2.00. The largest absolute Gasteiger partial charge is 0.389 e. The summed E-state index contributed by atoms with van der Waals surface area (Å²) in [5.74, 6) is 0.830. The Bertz CT molecular complexity index is 271. The fraction of sp³-hybridized carbons (Fsp3) is 0.444. The Kier molecular flexibility index (Phi) is 2.65. The molecule has 1 aromatic heterocycles. The van der Waals surface area contributed by atoms with Crippen LogP contribution in [0.25, 0.3) is 0 Å². The highest BCUT2D eigenvalue weighted by Gasteiger charge is 2.05. The van der Waals surface area contributed by atoms with E-state index in [1.165, 1.54) is 0 Å². The molecule has 0 fully saturated rings. The quantitative estimate of drug-likeness (QED) is 0.699. The maximum Gasteiger partial charge on any atom is 0.125 e. The van der Waals surface area contributed by atoms with Crippen molar-refractivity contribution < 1.29 is 5.11 Å². The summed E-state index contributed by atoms with van der Waals surface area (Å²) in [6, 6.07) is 3.74. The Balaban J connectivity index is 3.03. The third kappa shape index (κ3) is 1.74. The second-order valence-electron chi connectivity index (χ2n) is 2.80. The molecule has 3 nitrogen and oxygen atoms in total. The molecule has 0 bridgehead atoms. The van der Waals surface area contributed by atoms with Crippen molar-refractivity contribution in [1.29, 1.82) is 0 Å². The molecule has 1 rings (SSSR count). The molecule has 1 aromatic rings. The second kappa shape index (κ2) is 3.54. The molecule has 12 heavy (non-hydrogen) atoms. The molecule has 1 heterocycles. The van der Waals surface area contributed by atoms with E-state index in [0.29, 0.717) is 0 Å². The first kappa shape index (κ1) is 9.00. The van der Waals surface area contributed by atoms with E-state index in [0.717, 1.165) is 17.1 Å². The summed E-state index contributed by atoms with van der Waals surface area (Å²) < 4.78 is 0. The molecule has 0 aliphatic carbocycles. The van der Waals surface area contributed by atoms with Crippen molar-refractivity contribution in [1.82, 2.24) is 4.98 Å².